The summed E-state index contributed by atoms with van der Waals surface area (Å²) in [5.74, 6) is 1.10. The van der Waals surface area contributed by atoms with Crippen LogP contribution in [0.15, 0.2) is 54.6 Å². The highest BCUT2D eigenvalue weighted by Gasteiger charge is 2.38. The standard InChI is InChI=1S/C22H26N4O2/c1-2-26(20-6-4-3-5-7-20)21(27)16-8-10-19(11-9-16)24-22(28)25-14-17-12-23-13-18(17)15-25/h3-11,17-18,23H,2,12-15H2,1H3,(H,24,28)/t17-,18+. The monoisotopic (exact) mass is 378 g/mol. The molecule has 0 bridgehead atoms. The lowest BCUT2D eigenvalue weighted by Gasteiger charge is -2.21. The van der Waals surface area contributed by atoms with Crippen LogP contribution in [0.2, 0.25) is 0 Å². The second kappa shape index (κ2) is 8.02. The zero-order valence-electron chi connectivity index (χ0n) is 16.1. The van der Waals surface area contributed by atoms with Crippen LogP contribution >= 0.6 is 0 Å². The number of hydrogen-bond acceptors (Lipinski definition) is 3. The first kappa shape index (κ1) is 18.5. The van der Waals surface area contributed by atoms with Gasteiger partial charge < -0.3 is 20.4 Å². The Bertz CT molecular complexity index is 825. The van der Waals surface area contributed by atoms with E-state index in [-0.39, 0.29) is 11.9 Å². The molecule has 6 heteroatoms. The van der Waals surface area contributed by atoms with Gasteiger partial charge in [-0.1, -0.05) is 18.2 Å². The van der Waals surface area contributed by atoms with Crippen molar-refractivity contribution in [1.82, 2.24) is 10.2 Å². The van der Waals surface area contributed by atoms with Crippen molar-refractivity contribution >= 4 is 23.3 Å². The molecular formula is C22H26N4O2. The number of fused-ring (bicyclic) bond motifs is 1. The number of likely N-dealkylation sites (tertiary alicyclic amines) is 1. The molecule has 0 spiro atoms. The van der Waals surface area contributed by atoms with Crippen LogP contribution in [0.25, 0.3) is 0 Å². The van der Waals surface area contributed by atoms with Crippen molar-refractivity contribution in [2.75, 3.05) is 42.9 Å². The molecule has 0 aromatic heterocycles. The summed E-state index contributed by atoms with van der Waals surface area (Å²) in [6.45, 7) is 6.17. The van der Waals surface area contributed by atoms with Crippen molar-refractivity contribution in [2.45, 2.75) is 6.92 Å². The highest BCUT2D eigenvalue weighted by Crippen LogP contribution is 2.27. The Hall–Kier alpha value is -2.86. The van der Waals surface area contributed by atoms with Gasteiger partial charge in [0.05, 0.1) is 0 Å². The lowest BCUT2D eigenvalue weighted by molar-refractivity contribution is 0.0988. The topological polar surface area (TPSA) is 64.7 Å². The van der Waals surface area contributed by atoms with Crippen LogP contribution in [0, 0.1) is 11.8 Å². The fourth-order valence-electron chi connectivity index (χ4n) is 4.13. The molecule has 2 aromatic carbocycles. The number of benzene rings is 2. The van der Waals surface area contributed by atoms with Crippen molar-refractivity contribution in [1.29, 1.82) is 0 Å². The largest absolute Gasteiger partial charge is 0.324 e. The second-order valence-corrected chi connectivity index (χ2v) is 7.48. The molecule has 2 aliphatic rings. The maximum absolute atomic E-state index is 12.9. The van der Waals surface area contributed by atoms with Crippen molar-refractivity contribution in [2.24, 2.45) is 11.8 Å². The zero-order chi connectivity index (χ0) is 19.5. The maximum atomic E-state index is 12.9. The molecule has 2 fully saturated rings. The summed E-state index contributed by atoms with van der Waals surface area (Å²) in [5, 5.41) is 6.34. The van der Waals surface area contributed by atoms with E-state index in [0.717, 1.165) is 31.9 Å². The third-order valence-electron chi connectivity index (χ3n) is 5.69. The lowest BCUT2D eigenvalue weighted by Crippen LogP contribution is -2.35. The van der Waals surface area contributed by atoms with Crippen LogP contribution in [-0.2, 0) is 0 Å². The Morgan fingerprint density at radius 2 is 1.68 bits per heavy atom. The zero-order valence-corrected chi connectivity index (χ0v) is 16.1. The molecule has 3 amide bonds. The SMILES string of the molecule is CCN(C(=O)c1ccc(NC(=O)N2C[C@H]3CNC[C@H]3C2)cc1)c1ccccc1. The Balaban J connectivity index is 1.39. The van der Waals surface area contributed by atoms with Crippen LogP contribution in [0.5, 0.6) is 0 Å². The van der Waals surface area contributed by atoms with Crippen molar-refractivity contribution in [3.8, 4) is 0 Å². The van der Waals surface area contributed by atoms with E-state index >= 15 is 0 Å². The minimum atomic E-state index is -0.0621. The second-order valence-electron chi connectivity index (χ2n) is 7.48. The van der Waals surface area contributed by atoms with Crippen LogP contribution < -0.4 is 15.5 Å². The van der Waals surface area contributed by atoms with Gasteiger partial charge in [-0.25, -0.2) is 4.79 Å². The number of rotatable bonds is 4. The number of anilines is 2. The number of nitrogens with one attached hydrogen (secondary N) is 2. The molecule has 0 saturated carbocycles. The Morgan fingerprint density at radius 3 is 2.29 bits per heavy atom. The molecule has 2 aromatic rings. The molecule has 2 aliphatic heterocycles. The van der Waals surface area contributed by atoms with E-state index < -0.39 is 0 Å². The smallest absolute Gasteiger partial charge is 0.321 e. The summed E-state index contributed by atoms with van der Waals surface area (Å²) in [4.78, 5) is 29.0. The third kappa shape index (κ3) is 3.73. The van der Waals surface area contributed by atoms with Crippen molar-refractivity contribution in [3.63, 3.8) is 0 Å². The average Bonchev–Trinajstić information content (AvgIpc) is 3.32. The Labute approximate surface area is 165 Å². The number of nitrogens with zero attached hydrogens (tertiary/aromatic N) is 2. The highest BCUT2D eigenvalue weighted by atomic mass is 16.2. The van der Waals surface area contributed by atoms with Gasteiger partial charge in [0.2, 0.25) is 0 Å². The van der Waals surface area contributed by atoms with Crippen LogP contribution in [0.4, 0.5) is 16.2 Å². The molecule has 4 rings (SSSR count). The van der Waals surface area contributed by atoms with Gasteiger partial charge in [-0.15, -0.1) is 0 Å². The first-order chi connectivity index (χ1) is 13.7. The summed E-state index contributed by atoms with van der Waals surface area (Å²) >= 11 is 0. The van der Waals surface area contributed by atoms with Gasteiger partial charge in [0.1, 0.15) is 0 Å². The van der Waals surface area contributed by atoms with E-state index in [2.05, 4.69) is 10.6 Å². The number of urea groups is 1. The first-order valence-electron chi connectivity index (χ1n) is 9.89. The predicted octanol–water partition coefficient (Wildman–Crippen LogP) is 3.04. The van der Waals surface area contributed by atoms with Gasteiger partial charge in [0.25, 0.3) is 5.91 Å². The van der Waals surface area contributed by atoms with E-state index in [1.165, 1.54) is 0 Å². The molecule has 2 atom stereocenters. The molecule has 0 unspecified atom stereocenters. The number of para-hydroxylation sites is 1. The minimum absolute atomic E-state index is 0.0496. The van der Waals surface area contributed by atoms with Crippen molar-refractivity contribution < 1.29 is 9.59 Å². The molecule has 0 aliphatic carbocycles. The summed E-state index contributed by atoms with van der Waals surface area (Å²) in [5.41, 5.74) is 2.19. The quantitative estimate of drug-likeness (QED) is 0.860. The molecule has 2 saturated heterocycles. The number of amides is 3. The lowest BCUT2D eigenvalue weighted by atomic mass is 10.0. The molecule has 146 valence electrons. The number of hydrogen-bond donors (Lipinski definition) is 2. The van der Waals surface area contributed by atoms with Gasteiger partial charge in [0.15, 0.2) is 0 Å². The highest BCUT2D eigenvalue weighted by molar-refractivity contribution is 6.06. The Morgan fingerprint density at radius 1 is 1.04 bits per heavy atom. The van der Waals surface area contributed by atoms with E-state index in [0.29, 0.717) is 29.6 Å². The summed E-state index contributed by atoms with van der Waals surface area (Å²) in [6.07, 6.45) is 0. The number of carbonyl (C=O) groups excluding carboxylic acids is 2. The average molecular weight is 378 g/mol. The predicted molar refractivity (Wildman–Crippen MR) is 111 cm³/mol. The molecular weight excluding hydrogens is 352 g/mol. The number of carbonyl (C=O) groups is 2. The van der Waals surface area contributed by atoms with Gasteiger partial charge >= 0.3 is 6.03 Å². The molecule has 6 nitrogen and oxygen atoms in total. The molecule has 28 heavy (non-hydrogen) atoms. The van der Waals surface area contributed by atoms with Gasteiger partial charge in [-0.2, -0.15) is 0 Å². The molecule has 2 heterocycles. The summed E-state index contributed by atoms with van der Waals surface area (Å²) in [7, 11) is 0. The fourth-order valence-corrected chi connectivity index (χ4v) is 4.13. The molecule has 2 N–H and O–H groups in total. The van der Waals surface area contributed by atoms with Crippen LogP contribution in [0.3, 0.4) is 0 Å². The fraction of sp³-hybridized carbons (Fsp3) is 0.364. The first-order valence-corrected chi connectivity index (χ1v) is 9.89. The summed E-state index contributed by atoms with van der Waals surface area (Å²) in [6, 6.07) is 16.7. The Kier molecular flexibility index (Phi) is 5.30. The third-order valence-corrected chi connectivity index (χ3v) is 5.69. The van der Waals surface area contributed by atoms with E-state index in [1.54, 1.807) is 29.2 Å². The van der Waals surface area contributed by atoms with Crippen LogP contribution in [-0.4, -0.2) is 49.6 Å². The summed E-state index contributed by atoms with van der Waals surface area (Å²) < 4.78 is 0. The van der Waals surface area contributed by atoms with E-state index in [1.807, 2.05) is 42.2 Å². The maximum Gasteiger partial charge on any atom is 0.321 e. The minimum Gasteiger partial charge on any atom is -0.324 e. The van der Waals surface area contributed by atoms with Gasteiger partial charge in [-0.05, 0) is 55.2 Å². The van der Waals surface area contributed by atoms with Crippen LogP contribution in [0.1, 0.15) is 17.3 Å². The van der Waals surface area contributed by atoms with Gasteiger partial charge in [-0.3, -0.25) is 4.79 Å². The van der Waals surface area contributed by atoms with E-state index in [9.17, 15) is 9.59 Å². The molecule has 0 radical (unpaired) electrons. The normalized spacial score (nSPS) is 20.7. The van der Waals surface area contributed by atoms with Gasteiger partial charge in [0, 0.05) is 49.7 Å². The van der Waals surface area contributed by atoms with E-state index in [4.69, 9.17) is 0 Å². The van der Waals surface area contributed by atoms with Crippen molar-refractivity contribution in [3.05, 3.63) is 60.2 Å².